The molecule has 102 valence electrons. The zero-order valence-corrected chi connectivity index (χ0v) is 15.7. The standard InChI is InChI=1S/C14H29IOSi/c1-9-10-12(13(15)11(2)3)16-17(7,8)14(4,5)6/h9,11-13H,1,10H2,2-8H3/t12-,13+/m0/s1. The first-order valence-electron chi connectivity index (χ1n) is 6.45. The Kier molecular flexibility index (Phi) is 6.96. The molecular weight excluding hydrogens is 339 g/mol. The van der Waals surface area contributed by atoms with E-state index in [0.717, 1.165) is 6.42 Å². The molecule has 0 spiro atoms. The lowest BCUT2D eigenvalue weighted by Crippen LogP contribution is -2.46. The maximum Gasteiger partial charge on any atom is 0.192 e. The van der Waals surface area contributed by atoms with Crippen LogP contribution >= 0.6 is 22.6 Å². The summed E-state index contributed by atoms with van der Waals surface area (Å²) < 4.78 is 7.08. The van der Waals surface area contributed by atoms with Gasteiger partial charge in [0.05, 0.1) is 6.10 Å². The van der Waals surface area contributed by atoms with Gasteiger partial charge in [0, 0.05) is 3.92 Å². The van der Waals surface area contributed by atoms with E-state index in [1.807, 2.05) is 6.08 Å². The largest absolute Gasteiger partial charge is 0.413 e. The van der Waals surface area contributed by atoms with Crippen LogP contribution in [0.2, 0.25) is 18.1 Å². The van der Waals surface area contributed by atoms with Crippen LogP contribution in [0.4, 0.5) is 0 Å². The molecule has 0 bridgehead atoms. The molecule has 0 amide bonds. The molecule has 0 rings (SSSR count). The van der Waals surface area contributed by atoms with Crippen LogP contribution in [0.1, 0.15) is 41.0 Å². The first-order valence-corrected chi connectivity index (χ1v) is 10.6. The molecule has 2 atom stereocenters. The Bertz CT molecular complexity index is 243. The molecule has 0 radical (unpaired) electrons. The number of rotatable bonds is 6. The van der Waals surface area contributed by atoms with Crippen LogP contribution in [0.25, 0.3) is 0 Å². The van der Waals surface area contributed by atoms with Crippen molar-refractivity contribution in [1.29, 1.82) is 0 Å². The lowest BCUT2D eigenvalue weighted by Gasteiger charge is -2.41. The molecule has 3 heteroatoms. The maximum atomic E-state index is 6.53. The van der Waals surface area contributed by atoms with E-state index in [-0.39, 0.29) is 5.04 Å². The molecule has 0 aromatic rings. The average molecular weight is 368 g/mol. The minimum Gasteiger partial charge on any atom is -0.413 e. The van der Waals surface area contributed by atoms with Crippen LogP contribution in [-0.4, -0.2) is 18.3 Å². The fraction of sp³-hybridized carbons (Fsp3) is 0.857. The Hall–Kier alpha value is 0.647. The normalized spacial score (nSPS) is 17.0. The second-order valence-electron chi connectivity index (χ2n) is 6.63. The number of hydrogen-bond acceptors (Lipinski definition) is 1. The smallest absolute Gasteiger partial charge is 0.192 e. The van der Waals surface area contributed by atoms with Gasteiger partial charge in [-0.3, -0.25) is 0 Å². The van der Waals surface area contributed by atoms with Crippen molar-refractivity contribution < 1.29 is 4.43 Å². The highest BCUT2D eigenvalue weighted by atomic mass is 127. The van der Waals surface area contributed by atoms with Gasteiger partial charge in [-0.05, 0) is 30.5 Å². The summed E-state index contributed by atoms with van der Waals surface area (Å²) in [5, 5.41) is 0.278. The van der Waals surface area contributed by atoms with Crippen LogP contribution in [-0.2, 0) is 4.43 Å². The van der Waals surface area contributed by atoms with Crippen molar-refractivity contribution >= 4 is 30.9 Å². The van der Waals surface area contributed by atoms with Crippen molar-refractivity contribution in [2.75, 3.05) is 0 Å². The quantitative estimate of drug-likeness (QED) is 0.264. The van der Waals surface area contributed by atoms with Gasteiger partial charge in [-0.2, -0.15) is 0 Å². The average Bonchev–Trinajstić information content (AvgIpc) is 2.13. The summed E-state index contributed by atoms with van der Waals surface area (Å²) in [4.78, 5) is 0. The van der Waals surface area contributed by atoms with Crippen LogP contribution in [0.15, 0.2) is 12.7 Å². The zero-order chi connectivity index (χ0) is 13.9. The summed E-state index contributed by atoms with van der Waals surface area (Å²) in [7, 11) is -1.67. The van der Waals surface area contributed by atoms with Crippen LogP contribution in [0.5, 0.6) is 0 Å². The van der Waals surface area contributed by atoms with Crippen molar-refractivity contribution in [2.24, 2.45) is 5.92 Å². The third-order valence-corrected chi connectivity index (χ3v) is 10.4. The summed E-state index contributed by atoms with van der Waals surface area (Å²) in [6.07, 6.45) is 3.26. The van der Waals surface area contributed by atoms with Gasteiger partial charge < -0.3 is 4.43 Å². The monoisotopic (exact) mass is 368 g/mol. The van der Waals surface area contributed by atoms with Gasteiger partial charge in [0.2, 0.25) is 0 Å². The van der Waals surface area contributed by atoms with E-state index >= 15 is 0 Å². The van der Waals surface area contributed by atoms with E-state index in [9.17, 15) is 0 Å². The topological polar surface area (TPSA) is 9.23 Å². The predicted molar refractivity (Wildman–Crippen MR) is 89.5 cm³/mol. The van der Waals surface area contributed by atoms with Crippen LogP contribution in [0, 0.1) is 5.92 Å². The molecule has 0 aliphatic rings. The van der Waals surface area contributed by atoms with Gasteiger partial charge in [-0.15, -0.1) is 6.58 Å². The Labute approximate surface area is 123 Å². The van der Waals surface area contributed by atoms with Crippen molar-refractivity contribution in [3.05, 3.63) is 12.7 Å². The Morgan fingerprint density at radius 2 is 1.76 bits per heavy atom. The minimum atomic E-state index is -1.67. The van der Waals surface area contributed by atoms with E-state index < -0.39 is 8.32 Å². The Balaban J connectivity index is 4.82. The molecule has 0 unspecified atom stereocenters. The third kappa shape index (κ3) is 5.43. The van der Waals surface area contributed by atoms with Crippen molar-refractivity contribution in [3.8, 4) is 0 Å². The molecule has 0 saturated heterocycles. The van der Waals surface area contributed by atoms with Crippen LogP contribution < -0.4 is 0 Å². The van der Waals surface area contributed by atoms with Crippen molar-refractivity contribution in [3.63, 3.8) is 0 Å². The molecule has 0 aromatic carbocycles. The molecule has 0 aliphatic carbocycles. The maximum absolute atomic E-state index is 6.53. The van der Waals surface area contributed by atoms with Gasteiger partial charge in [-0.1, -0.05) is 63.3 Å². The molecule has 0 aromatic heterocycles. The second kappa shape index (κ2) is 6.71. The molecule has 0 fully saturated rings. The van der Waals surface area contributed by atoms with Crippen molar-refractivity contribution in [1.82, 2.24) is 0 Å². The van der Waals surface area contributed by atoms with E-state index in [4.69, 9.17) is 4.43 Å². The molecule has 1 nitrogen and oxygen atoms in total. The number of alkyl halides is 1. The lowest BCUT2D eigenvalue weighted by atomic mass is 10.0. The molecule has 0 aliphatic heterocycles. The van der Waals surface area contributed by atoms with E-state index in [1.54, 1.807) is 0 Å². The lowest BCUT2D eigenvalue weighted by molar-refractivity contribution is 0.170. The number of hydrogen-bond donors (Lipinski definition) is 0. The summed E-state index contributed by atoms with van der Waals surface area (Å²) in [6, 6.07) is 0. The Morgan fingerprint density at radius 3 is 2.06 bits per heavy atom. The molecule has 17 heavy (non-hydrogen) atoms. The highest BCUT2D eigenvalue weighted by Crippen LogP contribution is 2.39. The first kappa shape index (κ1) is 17.6. The van der Waals surface area contributed by atoms with Gasteiger partial charge in [0.1, 0.15) is 0 Å². The summed E-state index contributed by atoms with van der Waals surface area (Å²) >= 11 is 2.53. The first-order chi connectivity index (χ1) is 7.53. The third-order valence-electron chi connectivity index (χ3n) is 3.64. The summed E-state index contributed by atoms with van der Waals surface area (Å²) in [6.45, 7) is 19.9. The Morgan fingerprint density at radius 1 is 1.29 bits per heavy atom. The van der Waals surface area contributed by atoms with Crippen LogP contribution in [0.3, 0.4) is 0 Å². The van der Waals surface area contributed by atoms with E-state index in [2.05, 4.69) is 76.9 Å². The van der Waals surface area contributed by atoms with Gasteiger partial charge in [-0.25, -0.2) is 0 Å². The fourth-order valence-electron chi connectivity index (χ4n) is 1.39. The van der Waals surface area contributed by atoms with Crippen molar-refractivity contribution in [2.45, 2.75) is 69.2 Å². The van der Waals surface area contributed by atoms with Gasteiger partial charge >= 0.3 is 0 Å². The number of halogens is 1. The summed E-state index contributed by atoms with van der Waals surface area (Å²) in [5.41, 5.74) is 0. The van der Waals surface area contributed by atoms with E-state index in [1.165, 1.54) is 0 Å². The zero-order valence-electron chi connectivity index (χ0n) is 12.5. The molecule has 0 N–H and O–H groups in total. The second-order valence-corrected chi connectivity index (χ2v) is 12.8. The van der Waals surface area contributed by atoms with Gasteiger partial charge in [0.15, 0.2) is 8.32 Å². The predicted octanol–water partition coefficient (Wildman–Crippen LogP) is 5.41. The molecular formula is C14H29IOSi. The molecule has 0 heterocycles. The SMILES string of the molecule is C=CC[C@H](O[Si](C)(C)C(C)(C)C)[C@H](I)C(C)C. The van der Waals surface area contributed by atoms with E-state index in [0.29, 0.717) is 15.9 Å². The highest BCUT2D eigenvalue weighted by Gasteiger charge is 2.40. The van der Waals surface area contributed by atoms with Gasteiger partial charge in [0.25, 0.3) is 0 Å². The minimum absolute atomic E-state index is 0.278. The highest BCUT2D eigenvalue weighted by molar-refractivity contribution is 14.1. The molecule has 0 saturated carbocycles. The summed E-state index contributed by atoms with van der Waals surface area (Å²) in [5.74, 6) is 0.644. The fourth-order valence-corrected chi connectivity index (χ4v) is 3.46.